The van der Waals surface area contributed by atoms with Crippen molar-refractivity contribution in [2.75, 3.05) is 38.6 Å². The lowest BCUT2D eigenvalue weighted by Gasteiger charge is -2.36. The lowest BCUT2D eigenvalue weighted by molar-refractivity contribution is 0.0733. The fourth-order valence-electron chi connectivity index (χ4n) is 4.33. The van der Waals surface area contributed by atoms with Gasteiger partial charge in [0.2, 0.25) is 0 Å². The van der Waals surface area contributed by atoms with E-state index in [4.69, 9.17) is 0 Å². The van der Waals surface area contributed by atoms with Crippen LogP contribution in [0.5, 0.6) is 0 Å². The number of rotatable bonds is 4. The standard InChI is InChI=1S/C23H29N3O/c1-24-16-20-8-4-3-7-19(20)15-22(24)17-25(2)23(27)18-9-11-21(12-10-18)26-13-5-6-14-26/h3-4,7-12,22H,5-6,13-17H2,1-2H3. The Morgan fingerprint density at radius 1 is 1.04 bits per heavy atom. The van der Waals surface area contributed by atoms with E-state index in [1.54, 1.807) is 0 Å². The predicted molar refractivity (Wildman–Crippen MR) is 110 cm³/mol. The largest absolute Gasteiger partial charge is 0.372 e. The van der Waals surface area contributed by atoms with Crippen LogP contribution in [0.1, 0.15) is 34.3 Å². The van der Waals surface area contributed by atoms with Crippen molar-refractivity contribution in [3.63, 3.8) is 0 Å². The fraction of sp³-hybridized carbons (Fsp3) is 0.435. The van der Waals surface area contributed by atoms with Gasteiger partial charge in [-0.1, -0.05) is 24.3 Å². The zero-order chi connectivity index (χ0) is 18.8. The van der Waals surface area contributed by atoms with E-state index in [1.807, 2.05) is 24.1 Å². The molecule has 4 nitrogen and oxygen atoms in total. The molecule has 2 aliphatic rings. The molecule has 0 N–H and O–H groups in total. The first kappa shape index (κ1) is 18.1. The summed E-state index contributed by atoms with van der Waals surface area (Å²) in [5.41, 5.74) is 4.83. The van der Waals surface area contributed by atoms with Gasteiger partial charge in [-0.3, -0.25) is 9.69 Å². The second-order valence-electron chi connectivity index (χ2n) is 7.97. The summed E-state index contributed by atoms with van der Waals surface area (Å²) >= 11 is 0. The van der Waals surface area contributed by atoms with Gasteiger partial charge < -0.3 is 9.80 Å². The summed E-state index contributed by atoms with van der Waals surface area (Å²) in [5, 5.41) is 0. The average Bonchev–Trinajstić information content (AvgIpc) is 3.23. The molecule has 4 rings (SSSR count). The van der Waals surface area contributed by atoms with E-state index >= 15 is 0 Å². The molecule has 0 spiro atoms. The van der Waals surface area contributed by atoms with Crippen molar-refractivity contribution >= 4 is 11.6 Å². The van der Waals surface area contributed by atoms with Crippen molar-refractivity contribution in [2.45, 2.75) is 31.8 Å². The van der Waals surface area contributed by atoms with Crippen LogP contribution in [0, 0.1) is 0 Å². The number of hydrogen-bond donors (Lipinski definition) is 0. The van der Waals surface area contributed by atoms with E-state index in [9.17, 15) is 4.79 Å². The highest BCUT2D eigenvalue weighted by Crippen LogP contribution is 2.23. The van der Waals surface area contributed by atoms with Crippen LogP contribution >= 0.6 is 0 Å². The Labute approximate surface area is 162 Å². The molecule has 142 valence electrons. The van der Waals surface area contributed by atoms with Crippen LogP contribution in [0.4, 0.5) is 5.69 Å². The number of carbonyl (C=O) groups is 1. The third kappa shape index (κ3) is 3.86. The molecule has 2 aromatic rings. The van der Waals surface area contributed by atoms with Crippen LogP contribution < -0.4 is 4.90 Å². The Hall–Kier alpha value is -2.33. The summed E-state index contributed by atoms with van der Waals surface area (Å²) in [7, 11) is 4.08. The summed E-state index contributed by atoms with van der Waals surface area (Å²) in [6.45, 7) is 3.95. The SMILES string of the molecule is CN(CC1Cc2ccccc2CN1C)C(=O)c1ccc(N2CCCC2)cc1. The lowest BCUT2D eigenvalue weighted by Crippen LogP contribution is -2.46. The van der Waals surface area contributed by atoms with Crippen LogP contribution in [0.15, 0.2) is 48.5 Å². The van der Waals surface area contributed by atoms with E-state index in [1.165, 1.54) is 29.7 Å². The number of benzene rings is 2. The fourth-order valence-corrected chi connectivity index (χ4v) is 4.33. The zero-order valence-electron chi connectivity index (χ0n) is 16.4. The van der Waals surface area contributed by atoms with E-state index in [2.05, 4.69) is 53.2 Å². The summed E-state index contributed by atoms with van der Waals surface area (Å²) in [6, 6.07) is 17.1. The smallest absolute Gasteiger partial charge is 0.253 e. The van der Waals surface area contributed by atoms with Crippen LogP contribution in [-0.2, 0) is 13.0 Å². The van der Waals surface area contributed by atoms with Gasteiger partial charge in [-0.25, -0.2) is 0 Å². The molecule has 27 heavy (non-hydrogen) atoms. The Balaban J connectivity index is 1.40. The summed E-state index contributed by atoms with van der Waals surface area (Å²) in [5.74, 6) is 0.107. The monoisotopic (exact) mass is 363 g/mol. The van der Waals surface area contributed by atoms with E-state index in [0.717, 1.165) is 38.2 Å². The normalized spacial score (nSPS) is 19.8. The lowest BCUT2D eigenvalue weighted by atomic mass is 9.94. The maximum atomic E-state index is 12.9. The number of fused-ring (bicyclic) bond motifs is 1. The number of likely N-dealkylation sites (N-methyl/N-ethyl adjacent to an activating group) is 2. The predicted octanol–water partition coefficient (Wildman–Crippen LogP) is 3.42. The molecular weight excluding hydrogens is 334 g/mol. The number of carbonyl (C=O) groups excluding carboxylic acids is 1. The van der Waals surface area contributed by atoms with E-state index in [0.29, 0.717) is 6.04 Å². The first-order valence-corrected chi connectivity index (χ1v) is 9.99. The minimum Gasteiger partial charge on any atom is -0.372 e. The second-order valence-corrected chi connectivity index (χ2v) is 7.97. The Kier molecular flexibility index (Phi) is 5.17. The van der Waals surface area contributed by atoms with Gasteiger partial charge in [0.15, 0.2) is 0 Å². The zero-order valence-corrected chi connectivity index (χ0v) is 16.4. The van der Waals surface area contributed by atoms with Crippen molar-refractivity contribution in [1.29, 1.82) is 0 Å². The van der Waals surface area contributed by atoms with Crippen LogP contribution in [0.3, 0.4) is 0 Å². The van der Waals surface area contributed by atoms with E-state index in [-0.39, 0.29) is 5.91 Å². The molecule has 1 unspecified atom stereocenters. The molecule has 0 saturated carbocycles. The molecule has 1 atom stereocenters. The molecule has 2 heterocycles. The Morgan fingerprint density at radius 2 is 1.70 bits per heavy atom. The van der Waals surface area contributed by atoms with E-state index < -0.39 is 0 Å². The molecule has 0 aliphatic carbocycles. The summed E-state index contributed by atoms with van der Waals surface area (Å²) < 4.78 is 0. The van der Waals surface area contributed by atoms with Crippen molar-refractivity contribution in [3.8, 4) is 0 Å². The third-order valence-electron chi connectivity index (χ3n) is 6.03. The molecule has 1 amide bonds. The van der Waals surface area contributed by atoms with Gasteiger partial charge in [0.1, 0.15) is 0 Å². The van der Waals surface area contributed by atoms with Gasteiger partial charge in [-0.05, 0) is 61.7 Å². The number of nitrogens with zero attached hydrogens (tertiary/aromatic N) is 3. The molecule has 0 bridgehead atoms. The van der Waals surface area contributed by atoms with Gasteiger partial charge in [0.05, 0.1) is 0 Å². The maximum Gasteiger partial charge on any atom is 0.253 e. The molecule has 0 aromatic heterocycles. The van der Waals surface area contributed by atoms with Crippen molar-refractivity contribution in [1.82, 2.24) is 9.80 Å². The molecular formula is C23H29N3O. The van der Waals surface area contributed by atoms with Crippen molar-refractivity contribution in [3.05, 3.63) is 65.2 Å². The first-order valence-electron chi connectivity index (χ1n) is 9.99. The Bertz CT molecular complexity index is 796. The van der Waals surface area contributed by atoms with Crippen LogP contribution in [0.2, 0.25) is 0 Å². The topological polar surface area (TPSA) is 26.8 Å². The van der Waals surface area contributed by atoms with Crippen LogP contribution in [-0.4, -0.2) is 55.5 Å². The van der Waals surface area contributed by atoms with Gasteiger partial charge in [0.25, 0.3) is 5.91 Å². The molecule has 2 aliphatic heterocycles. The van der Waals surface area contributed by atoms with Gasteiger partial charge in [-0.2, -0.15) is 0 Å². The maximum absolute atomic E-state index is 12.9. The molecule has 4 heteroatoms. The molecule has 1 fully saturated rings. The molecule has 2 aromatic carbocycles. The van der Waals surface area contributed by atoms with Gasteiger partial charge in [-0.15, -0.1) is 0 Å². The minimum atomic E-state index is 0.107. The highest BCUT2D eigenvalue weighted by molar-refractivity contribution is 5.94. The quantitative estimate of drug-likeness (QED) is 0.833. The number of amides is 1. The second kappa shape index (κ2) is 7.73. The van der Waals surface area contributed by atoms with Crippen LogP contribution in [0.25, 0.3) is 0 Å². The number of anilines is 1. The third-order valence-corrected chi connectivity index (χ3v) is 6.03. The molecule has 0 radical (unpaired) electrons. The van der Waals surface area contributed by atoms with Gasteiger partial charge in [0, 0.05) is 50.5 Å². The summed E-state index contributed by atoms with van der Waals surface area (Å²) in [4.78, 5) is 19.5. The minimum absolute atomic E-state index is 0.107. The highest BCUT2D eigenvalue weighted by atomic mass is 16.2. The number of hydrogen-bond acceptors (Lipinski definition) is 3. The summed E-state index contributed by atoms with van der Waals surface area (Å²) in [6.07, 6.45) is 3.53. The van der Waals surface area contributed by atoms with Crippen molar-refractivity contribution < 1.29 is 4.79 Å². The first-order chi connectivity index (χ1) is 13.1. The van der Waals surface area contributed by atoms with Gasteiger partial charge >= 0.3 is 0 Å². The van der Waals surface area contributed by atoms with Crippen molar-refractivity contribution in [2.24, 2.45) is 0 Å². The highest BCUT2D eigenvalue weighted by Gasteiger charge is 2.26. The Morgan fingerprint density at radius 3 is 2.41 bits per heavy atom. The molecule has 1 saturated heterocycles. The average molecular weight is 364 g/mol.